The fourth-order valence-corrected chi connectivity index (χ4v) is 6.34. The summed E-state index contributed by atoms with van der Waals surface area (Å²) in [6, 6.07) is 3.47. The fourth-order valence-electron chi connectivity index (χ4n) is 4.41. The molecule has 1 atom stereocenters. The van der Waals surface area contributed by atoms with E-state index in [0.717, 1.165) is 43.0 Å². The van der Waals surface area contributed by atoms with E-state index in [9.17, 15) is 17.6 Å². The molecule has 2 aliphatic heterocycles. The first-order chi connectivity index (χ1) is 16.1. The normalized spacial score (nSPS) is 20.1. The number of likely N-dealkylation sites (tertiary alicyclic amines) is 1. The summed E-state index contributed by atoms with van der Waals surface area (Å²) in [6.45, 7) is 9.54. The fraction of sp³-hybridized carbons (Fsp3) is 0.609. The van der Waals surface area contributed by atoms with Crippen LogP contribution in [0.5, 0.6) is 0 Å². The first-order valence-electron chi connectivity index (χ1n) is 11.8. The second-order valence-corrected chi connectivity index (χ2v) is 12.8. The van der Waals surface area contributed by atoms with Gasteiger partial charge in [-0.15, -0.1) is 0 Å². The van der Waals surface area contributed by atoms with Crippen molar-refractivity contribution in [2.24, 2.45) is 0 Å². The number of nitrogens with one attached hydrogen (secondary N) is 1. The van der Waals surface area contributed by atoms with Crippen LogP contribution in [0.2, 0.25) is 0 Å². The summed E-state index contributed by atoms with van der Waals surface area (Å²) in [7, 11) is -3.56. The van der Waals surface area contributed by atoms with E-state index in [0.29, 0.717) is 18.9 Å². The van der Waals surface area contributed by atoms with E-state index in [2.05, 4.69) is 33.4 Å². The van der Waals surface area contributed by atoms with Crippen LogP contribution in [0.15, 0.2) is 23.1 Å². The van der Waals surface area contributed by atoms with Crippen LogP contribution in [0.1, 0.15) is 58.7 Å². The second kappa shape index (κ2) is 9.77. The molecule has 1 N–H and O–H groups in total. The number of carbonyl (C=O) groups excluding carboxylic acids is 1. The molecule has 0 spiro atoms. The van der Waals surface area contributed by atoms with Gasteiger partial charge in [0.15, 0.2) is 9.84 Å². The van der Waals surface area contributed by atoms with Crippen molar-refractivity contribution < 1.29 is 17.6 Å². The molecule has 34 heavy (non-hydrogen) atoms. The molecule has 0 saturated carbocycles. The molecule has 1 aromatic heterocycles. The van der Waals surface area contributed by atoms with Crippen LogP contribution in [0.3, 0.4) is 0 Å². The second-order valence-electron chi connectivity index (χ2n) is 9.56. The van der Waals surface area contributed by atoms with Gasteiger partial charge in [-0.25, -0.2) is 17.8 Å². The molecule has 2 aromatic rings. The minimum absolute atomic E-state index is 0.0327. The number of aromatic nitrogens is 2. The van der Waals surface area contributed by atoms with Gasteiger partial charge in [0.05, 0.1) is 15.8 Å². The van der Waals surface area contributed by atoms with Crippen molar-refractivity contribution in [3.63, 3.8) is 0 Å². The number of piperidine rings is 1. The average molecular weight is 510 g/mol. The smallest absolute Gasteiger partial charge is 0.245 e. The highest BCUT2D eigenvalue weighted by Crippen LogP contribution is 2.29. The Balaban J connectivity index is 1.35. The Morgan fingerprint density at radius 3 is 2.41 bits per heavy atom. The number of amides is 1. The lowest BCUT2D eigenvalue weighted by Crippen LogP contribution is -2.47. The molecule has 0 aliphatic carbocycles. The first-order valence-corrected chi connectivity index (χ1v) is 14.1. The van der Waals surface area contributed by atoms with Gasteiger partial charge in [0.1, 0.15) is 17.7 Å². The topological polar surface area (TPSA) is 95.5 Å². The predicted octanol–water partition coefficient (Wildman–Crippen LogP) is 3.66. The van der Waals surface area contributed by atoms with E-state index < -0.39 is 26.9 Å². The van der Waals surface area contributed by atoms with Crippen molar-refractivity contribution >= 4 is 38.1 Å². The number of benzene rings is 1. The molecule has 1 amide bonds. The van der Waals surface area contributed by atoms with Crippen LogP contribution in [-0.4, -0.2) is 65.6 Å². The molecule has 1 unspecified atom stereocenters. The minimum Gasteiger partial charge on any atom is -0.371 e. The van der Waals surface area contributed by atoms with Gasteiger partial charge in [0, 0.05) is 43.1 Å². The van der Waals surface area contributed by atoms with Gasteiger partial charge in [-0.3, -0.25) is 4.79 Å². The van der Waals surface area contributed by atoms with Crippen LogP contribution in [0.4, 0.5) is 15.2 Å². The van der Waals surface area contributed by atoms with E-state index in [4.69, 9.17) is 0 Å². The van der Waals surface area contributed by atoms with Crippen molar-refractivity contribution in [1.29, 1.82) is 0 Å². The highest BCUT2D eigenvalue weighted by molar-refractivity contribution is 7.92. The lowest BCUT2D eigenvalue weighted by Gasteiger charge is -2.36. The Labute approximate surface area is 204 Å². The van der Waals surface area contributed by atoms with Crippen LogP contribution >= 0.6 is 11.5 Å². The van der Waals surface area contributed by atoms with Crippen LogP contribution in [-0.2, 0) is 14.6 Å². The molecule has 1 aromatic carbocycles. The number of nitrogens with zero attached hydrogens (tertiary/aromatic N) is 4. The molecule has 2 fully saturated rings. The van der Waals surface area contributed by atoms with E-state index in [1.807, 2.05) is 4.90 Å². The maximum atomic E-state index is 14.7. The quantitative estimate of drug-likeness (QED) is 0.609. The molecular weight excluding hydrogens is 477 g/mol. The monoisotopic (exact) mass is 509 g/mol. The number of sulfone groups is 1. The van der Waals surface area contributed by atoms with Gasteiger partial charge in [0.25, 0.3) is 0 Å². The van der Waals surface area contributed by atoms with Crippen molar-refractivity contribution in [2.75, 3.05) is 29.9 Å². The van der Waals surface area contributed by atoms with Gasteiger partial charge < -0.3 is 15.1 Å². The zero-order chi connectivity index (χ0) is 24.6. The maximum Gasteiger partial charge on any atom is 0.245 e. The predicted molar refractivity (Wildman–Crippen MR) is 132 cm³/mol. The number of carbonyl (C=O) groups is 1. The molecule has 4 rings (SSSR count). The lowest BCUT2D eigenvalue weighted by atomic mass is 10.0. The van der Waals surface area contributed by atoms with Crippen molar-refractivity contribution in [3.8, 4) is 0 Å². The van der Waals surface area contributed by atoms with E-state index in [-0.39, 0.29) is 22.5 Å². The summed E-state index contributed by atoms with van der Waals surface area (Å²) in [4.78, 5) is 21.8. The summed E-state index contributed by atoms with van der Waals surface area (Å²) in [5, 5.41) is 3.30. The highest BCUT2D eigenvalue weighted by Gasteiger charge is 2.38. The van der Waals surface area contributed by atoms with Gasteiger partial charge >= 0.3 is 0 Å². The highest BCUT2D eigenvalue weighted by atomic mass is 32.2. The van der Waals surface area contributed by atoms with Crippen molar-refractivity contribution in [2.45, 2.75) is 75.1 Å². The first kappa shape index (κ1) is 24.8. The molecule has 0 bridgehead atoms. The average Bonchev–Trinajstić information content (AvgIpc) is 3.43. The van der Waals surface area contributed by atoms with Gasteiger partial charge in [-0.1, -0.05) is 13.8 Å². The van der Waals surface area contributed by atoms with Crippen LogP contribution in [0.25, 0.3) is 0 Å². The summed E-state index contributed by atoms with van der Waals surface area (Å²) >= 11 is 1.43. The van der Waals surface area contributed by atoms with Crippen molar-refractivity contribution in [3.05, 3.63) is 29.8 Å². The number of anilines is 2. The van der Waals surface area contributed by atoms with Gasteiger partial charge in [0.2, 0.25) is 11.0 Å². The standard InChI is InChI=1S/C23H32FN5O3S2/c1-14(2)21-26-23(33-27-21)28-10-7-16(8-11-28)29-12-9-20(22(29)30)25-19-6-5-17(13-18(19)24)34(31,32)15(3)4/h5-6,13-16,20,25H,7-12H2,1-4H3. The molecule has 0 radical (unpaired) electrons. The lowest BCUT2D eigenvalue weighted by molar-refractivity contribution is -0.130. The van der Waals surface area contributed by atoms with E-state index in [1.165, 1.54) is 23.7 Å². The Hall–Kier alpha value is -2.27. The maximum absolute atomic E-state index is 14.7. The van der Waals surface area contributed by atoms with Gasteiger partial charge in [-0.2, -0.15) is 4.37 Å². The number of hydrogen-bond acceptors (Lipinski definition) is 8. The third kappa shape index (κ3) is 4.91. The molecular formula is C23H32FN5O3S2. The number of hydrogen-bond donors (Lipinski definition) is 1. The SMILES string of the molecule is CC(C)c1nsc(N2CCC(N3CCC(Nc4ccc(S(=O)(=O)C(C)C)cc4F)C3=O)CC2)n1. The molecule has 186 valence electrons. The minimum atomic E-state index is -3.56. The Bertz CT molecular complexity index is 1140. The molecule has 11 heteroatoms. The summed E-state index contributed by atoms with van der Waals surface area (Å²) in [6.07, 6.45) is 2.29. The summed E-state index contributed by atoms with van der Waals surface area (Å²) in [5.41, 5.74) is 0.148. The molecule has 3 heterocycles. The zero-order valence-corrected chi connectivity index (χ0v) is 21.6. The molecule has 2 aliphatic rings. The molecule has 2 saturated heterocycles. The Morgan fingerprint density at radius 1 is 1.12 bits per heavy atom. The summed E-state index contributed by atoms with van der Waals surface area (Å²) < 4.78 is 43.7. The van der Waals surface area contributed by atoms with E-state index in [1.54, 1.807) is 13.8 Å². The third-order valence-electron chi connectivity index (χ3n) is 6.58. The molecule has 8 nitrogen and oxygen atoms in total. The number of rotatable bonds is 7. The summed E-state index contributed by atoms with van der Waals surface area (Å²) in [5.74, 6) is 0.469. The third-order valence-corrected chi connectivity index (χ3v) is 9.53. The number of halogens is 1. The largest absolute Gasteiger partial charge is 0.371 e. The van der Waals surface area contributed by atoms with Crippen LogP contribution in [0, 0.1) is 5.82 Å². The zero-order valence-electron chi connectivity index (χ0n) is 20.0. The van der Waals surface area contributed by atoms with E-state index >= 15 is 0 Å². The Morgan fingerprint density at radius 2 is 1.82 bits per heavy atom. The Kier molecular flexibility index (Phi) is 7.14. The van der Waals surface area contributed by atoms with Crippen LogP contribution < -0.4 is 10.2 Å². The van der Waals surface area contributed by atoms with Crippen molar-refractivity contribution in [1.82, 2.24) is 14.3 Å². The van der Waals surface area contributed by atoms with Gasteiger partial charge in [-0.05, 0) is 51.3 Å².